The summed E-state index contributed by atoms with van der Waals surface area (Å²) in [5.41, 5.74) is 5.29. The van der Waals surface area contributed by atoms with Gasteiger partial charge < -0.3 is 26.0 Å². The Morgan fingerprint density at radius 2 is 1.92 bits per heavy atom. The number of carboxylic acids is 2. The second-order valence-corrected chi connectivity index (χ2v) is 6.97. The number of aromatic carboxylic acids is 1. The fourth-order valence-corrected chi connectivity index (χ4v) is 2.57. The average molecular weight is 356 g/mol. The van der Waals surface area contributed by atoms with Crippen molar-refractivity contribution in [2.24, 2.45) is 0 Å². The molecule has 0 aliphatic rings. The van der Waals surface area contributed by atoms with Gasteiger partial charge in [0, 0.05) is 16.3 Å². The number of thioether (sulfide) groups is 1. The molecule has 1 amide bonds. The maximum absolute atomic E-state index is 11.7. The topological polar surface area (TPSA) is 139 Å². The quantitative estimate of drug-likeness (QED) is 0.448. The van der Waals surface area contributed by atoms with Gasteiger partial charge in [0.1, 0.15) is 11.6 Å². The lowest BCUT2D eigenvalue weighted by molar-refractivity contribution is -0.138. The van der Waals surface area contributed by atoms with Crippen LogP contribution in [0.2, 0.25) is 0 Å². The summed E-state index contributed by atoms with van der Waals surface area (Å²) in [7, 11) is 0. The predicted octanol–water partition coefficient (Wildman–Crippen LogP) is 2.04. The van der Waals surface area contributed by atoms with Gasteiger partial charge in [-0.1, -0.05) is 0 Å². The molecule has 0 aliphatic heterocycles. The van der Waals surface area contributed by atoms with Crippen molar-refractivity contribution in [3.63, 3.8) is 0 Å². The molecule has 0 unspecified atom stereocenters. The number of ether oxygens (including phenoxy) is 1. The van der Waals surface area contributed by atoms with Crippen LogP contribution in [-0.4, -0.2) is 45.6 Å². The molecule has 0 spiro atoms. The molecule has 24 heavy (non-hydrogen) atoms. The first-order chi connectivity index (χ1) is 11.0. The zero-order valence-electron chi connectivity index (χ0n) is 13.5. The number of benzene rings is 1. The molecular formula is C15H20N2O6S. The van der Waals surface area contributed by atoms with E-state index >= 15 is 0 Å². The molecule has 0 aromatic heterocycles. The summed E-state index contributed by atoms with van der Waals surface area (Å²) in [4.78, 5) is 34.3. The number of alkyl carbamates (subject to hydrolysis) is 1. The Hall–Kier alpha value is -2.42. The number of hydrogen-bond donors (Lipinski definition) is 4. The number of nitrogens with two attached hydrogens (primary N) is 1. The Labute approximate surface area is 143 Å². The lowest BCUT2D eigenvalue weighted by Crippen LogP contribution is -2.44. The molecule has 1 atom stereocenters. The van der Waals surface area contributed by atoms with E-state index in [4.69, 9.17) is 15.6 Å². The second kappa shape index (κ2) is 7.91. The minimum atomic E-state index is -1.21. The molecule has 0 bridgehead atoms. The summed E-state index contributed by atoms with van der Waals surface area (Å²) in [5, 5.41) is 20.3. The molecule has 0 radical (unpaired) electrons. The van der Waals surface area contributed by atoms with Crippen molar-refractivity contribution in [1.29, 1.82) is 0 Å². The van der Waals surface area contributed by atoms with E-state index in [1.165, 1.54) is 18.2 Å². The van der Waals surface area contributed by atoms with Gasteiger partial charge in [0.05, 0.1) is 5.56 Å². The number of aliphatic carboxylic acids is 1. The fourth-order valence-electron chi connectivity index (χ4n) is 1.61. The van der Waals surface area contributed by atoms with E-state index in [-0.39, 0.29) is 17.0 Å². The minimum absolute atomic E-state index is 0.00515. The number of carbonyl (C=O) groups is 3. The zero-order valence-corrected chi connectivity index (χ0v) is 14.3. The minimum Gasteiger partial charge on any atom is -0.480 e. The van der Waals surface area contributed by atoms with Crippen molar-refractivity contribution in [2.45, 2.75) is 37.3 Å². The number of rotatable bonds is 6. The zero-order chi connectivity index (χ0) is 18.5. The monoisotopic (exact) mass is 356 g/mol. The molecule has 1 rings (SSSR count). The largest absolute Gasteiger partial charge is 0.480 e. The summed E-state index contributed by atoms with van der Waals surface area (Å²) >= 11 is 1.09. The van der Waals surface area contributed by atoms with Crippen LogP contribution in [0, 0.1) is 0 Å². The van der Waals surface area contributed by atoms with Gasteiger partial charge in [0.15, 0.2) is 0 Å². The molecule has 8 nitrogen and oxygen atoms in total. The van der Waals surface area contributed by atoms with E-state index in [0.29, 0.717) is 4.90 Å². The van der Waals surface area contributed by atoms with Gasteiger partial charge in [-0.25, -0.2) is 14.4 Å². The number of carboxylic acid groups (broad SMARTS) is 2. The third-order valence-corrected chi connectivity index (χ3v) is 3.83. The average Bonchev–Trinajstić information content (AvgIpc) is 2.41. The lowest BCUT2D eigenvalue weighted by Gasteiger charge is -2.22. The first-order valence-electron chi connectivity index (χ1n) is 6.97. The van der Waals surface area contributed by atoms with E-state index in [1.807, 2.05) is 0 Å². The fraction of sp³-hybridized carbons (Fsp3) is 0.400. The van der Waals surface area contributed by atoms with Gasteiger partial charge >= 0.3 is 18.0 Å². The summed E-state index contributed by atoms with van der Waals surface area (Å²) in [6.07, 6.45) is -0.829. The van der Waals surface area contributed by atoms with Gasteiger partial charge in [-0.15, -0.1) is 11.8 Å². The van der Waals surface area contributed by atoms with Crippen molar-refractivity contribution < 1.29 is 29.3 Å². The van der Waals surface area contributed by atoms with E-state index in [0.717, 1.165) is 11.8 Å². The van der Waals surface area contributed by atoms with Gasteiger partial charge in [0.25, 0.3) is 0 Å². The molecule has 9 heteroatoms. The van der Waals surface area contributed by atoms with Gasteiger partial charge in [0.2, 0.25) is 0 Å². The SMILES string of the molecule is CC(C)(C)OC(=O)N[C@H](CSc1ccc(C(=O)O)cc1N)C(=O)O. The molecule has 132 valence electrons. The first-order valence-corrected chi connectivity index (χ1v) is 7.96. The van der Waals surface area contributed by atoms with Crippen LogP contribution in [0.25, 0.3) is 0 Å². The first kappa shape index (κ1) is 19.6. The van der Waals surface area contributed by atoms with E-state index in [2.05, 4.69) is 5.32 Å². The van der Waals surface area contributed by atoms with Crippen molar-refractivity contribution >= 4 is 35.5 Å². The number of anilines is 1. The summed E-state index contributed by atoms with van der Waals surface area (Å²) in [6, 6.07) is 2.98. The van der Waals surface area contributed by atoms with Gasteiger partial charge in [-0.05, 0) is 39.0 Å². The molecule has 0 saturated heterocycles. The third-order valence-electron chi connectivity index (χ3n) is 2.65. The highest BCUT2D eigenvalue weighted by Gasteiger charge is 2.24. The third kappa shape index (κ3) is 6.37. The highest BCUT2D eigenvalue weighted by atomic mass is 32.2. The van der Waals surface area contributed by atoms with Crippen molar-refractivity contribution in [2.75, 3.05) is 11.5 Å². The van der Waals surface area contributed by atoms with E-state index < -0.39 is 29.7 Å². The normalized spacial score (nSPS) is 12.3. The number of carbonyl (C=O) groups excluding carboxylic acids is 1. The summed E-state index contributed by atoms with van der Waals surface area (Å²) < 4.78 is 5.02. The Morgan fingerprint density at radius 3 is 2.38 bits per heavy atom. The number of amides is 1. The van der Waals surface area contributed by atoms with Crippen LogP contribution in [0.1, 0.15) is 31.1 Å². The standard InChI is InChI=1S/C15H20N2O6S/c1-15(2,3)23-14(22)17-10(13(20)21)7-24-11-5-4-8(12(18)19)6-9(11)16/h4-6,10H,7,16H2,1-3H3,(H,17,22)(H,18,19)(H,20,21)/t10-/m1/s1. The van der Waals surface area contributed by atoms with Crippen LogP contribution >= 0.6 is 11.8 Å². The highest BCUT2D eigenvalue weighted by Crippen LogP contribution is 2.26. The van der Waals surface area contributed by atoms with Gasteiger partial charge in [-0.2, -0.15) is 0 Å². The molecule has 5 N–H and O–H groups in total. The van der Waals surface area contributed by atoms with Crippen LogP contribution in [0.3, 0.4) is 0 Å². The Bertz CT molecular complexity index is 641. The maximum atomic E-state index is 11.7. The molecule has 0 heterocycles. The van der Waals surface area contributed by atoms with Crippen LogP contribution in [0.4, 0.5) is 10.5 Å². The molecule has 0 fully saturated rings. The van der Waals surface area contributed by atoms with Crippen LogP contribution in [0.15, 0.2) is 23.1 Å². The van der Waals surface area contributed by atoms with Crippen LogP contribution in [-0.2, 0) is 9.53 Å². The van der Waals surface area contributed by atoms with Crippen molar-refractivity contribution in [1.82, 2.24) is 5.32 Å². The lowest BCUT2D eigenvalue weighted by atomic mass is 10.2. The van der Waals surface area contributed by atoms with E-state index in [9.17, 15) is 19.5 Å². The molecule has 1 aromatic rings. The Morgan fingerprint density at radius 1 is 1.29 bits per heavy atom. The highest BCUT2D eigenvalue weighted by molar-refractivity contribution is 7.99. The van der Waals surface area contributed by atoms with Crippen molar-refractivity contribution in [3.05, 3.63) is 23.8 Å². The van der Waals surface area contributed by atoms with Crippen molar-refractivity contribution in [3.8, 4) is 0 Å². The smallest absolute Gasteiger partial charge is 0.408 e. The van der Waals surface area contributed by atoms with E-state index in [1.54, 1.807) is 20.8 Å². The second-order valence-electron chi connectivity index (χ2n) is 5.91. The molecule has 0 aliphatic carbocycles. The number of nitrogen functional groups attached to an aromatic ring is 1. The molecule has 1 aromatic carbocycles. The molecule has 0 saturated carbocycles. The summed E-state index contributed by atoms with van der Waals surface area (Å²) in [6.45, 7) is 5.01. The van der Waals surface area contributed by atoms with Crippen LogP contribution < -0.4 is 11.1 Å². The van der Waals surface area contributed by atoms with Gasteiger partial charge in [-0.3, -0.25) is 0 Å². The number of nitrogens with one attached hydrogen (secondary N) is 1. The van der Waals surface area contributed by atoms with Crippen LogP contribution in [0.5, 0.6) is 0 Å². The number of hydrogen-bond acceptors (Lipinski definition) is 6. The summed E-state index contributed by atoms with van der Waals surface area (Å²) in [5.74, 6) is -2.31. The predicted molar refractivity (Wildman–Crippen MR) is 89.3 cm³/mol. The Balaban J connectivity index is 2.72. The maximum Gasteiger partial charge on any atom is 0.408 e. The Kier molecular flexibility index (Phi) is 6.47. The molecular weight excluding hydrogens is 336 g/mol.